The summed E-state index contributed by atoms with van der Waals surface area (Å²) < 4.78 is 10.1. The highest BCUT2D eigenvalue weighted by Crippen LogP contribution is 2.14. The van der Waals surface area contributed by atoms with Gasteiger partial charge in [0.2, 0.25) is 5.91 Å². The summed E-state index contributed by atoms with van der Waals surface area (Å²) in [7, 11) is 3.22. The Morgan fingerprint density at radius 2 is 2.12 bits per heavy atom. The van der Waals surface area contributed by atoms with Crippen molar-refractivity contribution in [1.29, 1.82) is 0 Å². The van der Waals surface area contributed by atoms with E-state index in [-0.39, 0.29) is 30.0 Å². The van der Waals surface area contributed by atoms with E-state index in [1.165, 1.54) is 0 Å². The van der Waals surface area contributed by atoms with Crippen LogP contribution in [0.15, 0.2) is 29.1 Å². The van der Waals surface area contributed by atoms with Crippen molar-refractivity contribution < 1.29 is 14.3 Å². The highest BCUT2D eigenvalue weighted by Gasteiger charge is 2.09. The molecule has 1 heterocycles. The first-order valence-corrected chi connectivity index (χ1v) is 8.45. The van der Waals surface area contributed by atoms with E-state index in [0.717, 1.165) is 17.7 Å². The summed E-state index contributed by atoms with van der Waals surface area (Å²) in [5, 5.41) is 10.8. The Hall–Kier alpha value is -2.74. The van der Waals surface area contributed by atoms with Gasteiger partial charge in [-0.2, -0.15) is 0 Å². The second-order valence-corrected chi connectivity index (χ2v) is 5.77. The lowest BCUT2D eigenvalue weighted by Crippen LogP contribution is -2.27. The van der Waals surface area contributed by atoms with Gasteiger partial charge in [0.15, 0.2) is 0 Å². The lowest BCUT2D eigenvalue weighted by Gasteiger charge is -2.05. The molecule has 0 saturated heterocycles. The SMILES string of the molecule is COCCCNC(=O)CCc1nnc(Cc2cccc(OC)c2)[nH]c1=O. The first kappa shape index (κ1) is 19.6. The normalized spacial score (nSPS) is 10.5. The van der Waals surface area contributed by atoms with Crippen LogP contribution >= 0.6 is 0 Å². The standard InChI is InChI=1S/C18H24N4O4/c1-25-10-4-9-19-17(23)8-7-15-18(24)20-16(22-21-15)12-13-5-3-6-14(11-13)26-2/h3,5-6,11H,4,7-10,12H2,1-2H3,(H,19,23)(H,20,22,24). The molecule has 140 valence electrons. The smallest absolute Gasteiger partial charge is 0.272 e. The Kier molecular flexibility index (Phi) is 7.75. The molecule has 1 aromatic heterocycles. The molecule has 0 unspecified atom stereocenters. The number of carbonyl (C=O) groups is 1. The fraction of sp³-hybridized carbons (Fsp3) is 0.444. The monoisotopic (exact) mass is 360 g/mol. The van der Waals surface area contributed by atoms with Crippen LogP contribution in [-0.2, 0) is 22.4 Å². The van der Waals surface area contributed by atoms with Crippen LogP contribution in [0, 0.1) is 0 Å². The number of nitrogens with one attached hydrogen (secondary N) is 2. The largest absolute Gasteiger partial charge is 0.497 e. The van der Waals surface area contributed by atoms with E-state index in [1.54, 1.807) is 14.2 Å². The Balaban J connectivity index is 1.88. The third-order valence-corrected chi connectivity index (χ3v) is 3.75. The van der Waals surface area contributed by atoms with Gasteiger partial charge in [-0.3, -0.25) is 9.59 Å². The molecular formula is C18H24N4O4. The molecule has 8 nitrogen and oxygen atoms in total. The summed E-state index contributed by atoms with van der Waals surface area (Å²) in [4.78, 5) is 26.6. The van der Waals surface area contributed by atoms with Gasteiger partial charge in [-0.15, -0.1) is 10.2 Å². The molecule has 0 aliphatic carbocycles. The number of H-pyrrole nitrogens is 1. The molecule has 0 atom stereocenters. The summed E-state index contributed by atoms with van der Waals surface area (Å²) in [5.74, 6) is 1.09. The molecular weight excluding hydrogens is 336 g/mol. The van der Waals surface area contributed by atoms with Crippen molar-refractivity contribution in [1.82, 2.24) is 20.5 Å². The average molecular weight is 360 g/mol. The molecule has 1 aromatic carbocycles. The molecule has 0 aliphatic heterocycles. The quantitative estimate of drug-likeness (QED) is 0.609. The second-order valence-electron chi connectivity index (χ2n) is 5.77. The summed E-state index contributed by atoms with van der Waals surface area (Å²) in [5.41, 5.74) is 0.897. The lowest BCUT2D eigenvalue weighted by atomic mass is 10.1. The minimum Gasteiger partial charge on any atom is -0.497 e. The van der Waals surface area contributed by atoms with E-state index in [0.29, 0.717) is 25.4 Å². The Bertz CT molecular complexity index is 776. The van der Waals surface area contributed by atoms with Crippen molar-refractivity contribution in [3.63, 3.8) is 0 Å². The van der Waals surface area contributed by atoms with Gasteiger partial charge in [0, 0.05) is 39.5 Å². The van der Waals surface area contributed by atoms with Gasteiger partial charge in [-0.25, -0.2) is 0 Å². The van der Waals surface area contributed by atoms with E-state index in [1.807, 2.05) is 24.3 Å². The summed E-state index contributed by atoms with van der Waals surface area (Å²) >= 11 is 0. The van der Waals surface area contributed by atoms with Crippen LogP contribution in [0.25, 0.3) is 0 Å². The number of hydrogen-bond donors (Lipinski definition) is 2. The molecule has 8 heteroatoms. The van der Waals surface area contributed by atoms with Crippen LogP contribution < -0.4 is 15.6 Å². The maximum absolute atomic E-state index is 12.1. The maximum atomic E-state index is 12.1. The van der Waals surface area contributed by atoms with Crippen LogP contribution in [0.1, 0.15) is 29.9 Å². The van der Waals surface area contributed by atoms with Gasteiger partial charge in [-0.1, -0.05) is 12.1 Å². The predicted molar refractivity (Wildman–Crippen MR) is 96.3 cm³/mol. The number of carbonyl (C=O) groups excluding carboxylic acids is 1. The van der Waals surface area contributed by atoms with E-state index >= 15 is 0 Å². The third kappa shape index (κ3) is 6.29. The van der Waals surface area contributed by atoms with Gasteiger partial charge in [-0.05, 0) is 24.1 Å². The number of rotatable bonds is 10. The number of hydrogen-bond acceptors (Lipinski definition) is 6. The van der Waals surface area contributed by atoms with Crippen LogP contribution in [0.4, 0.5) is 0 Å². The number of aromatic amines is 1. The number of aryl methyl sites for hydroxylation is 1. The summed E-state index contributed by atoms with van der Waals surface area (Å²) in [6.45, 7) is 1.15. The van der Waals surface area contributed by atoms with E-state index in [4.69, 9.17) is 9.47 Å². The number of nitrogens with zero attached hydrogens (tertiary/aromatic N) is 2. The molecule has 0 radical (unpaired) electrons. The molecule has 0 fully saturated rings. The highest BCUT2D eigenvalue weighted by atomic mass is 16.5. The minimum atomic E-state index is -0.315. The van der Waals surface area contributed by atoms with Gasteiger partial charge in [0.1, 0.15) is 17.3 Å². The lowest BCUT2D eigenvalue weighted by molar-refractivity contribution is -0.121. The Labute approximate surface area is 152 Å². The molecule has 26 heavy (non-hydrogen) atoms. The maximum Gasteiger partial charge on any atom is 0.272 e. The first-order valence-electron chi connectivity index (χ1n) is 8.45. The number of methoxy groups -OCH3 is 2. The topological polar surface area (TPSA) is 106 Å². The molecule has 2 N–H and O–H groups in total. The van der Waals surface area contributed by atoms with Gasteiger partial charge in [0.25, 0.3) is 5.56 Å². The molecule has 0 aliphatic rings. The molecule has 0 saturated carbocycles. The van der Waals surface area contributed by atoms with Crippen LogP contribution in [-0.4, -0.2) is 48.5 Å². The minimum absolute atomic E-state index is 0.122. The zero-order valence-electron chi connectivity index (χ0n) is 15.1. The first-order chi connectivity index (χ1) is 12.6. The van der Waals surface area contributed by atoms with Crippen molar-refractivity contribution >= 4 is 5.91 Å². The molecule has 1 amide bonds. The molecule has 2 aromatic rings. The van der Waals surface area contributed by atoms with E-state index < -0.39 is 0 Å². The predicted octanol–water partition coefficient (Wildman–Crippen LogP) is 0.850. The van der Waals surface area contributed by atoms with Crippen molar-refractivity contribution in [3.8, 4) is 5.75 Å². The zero-order chi connectivity index (χ0) is 18.8. The van der Waals surface area contributed by atoms with Crippen LogP contribution in [0.5, 0.6) is 5.75 Å². The average Bonchev–Trinajstić information content (AvgIpc) is 2.65. The second kappa shape index (κ2) is 10.3. The van der Waals surface area contributed by atoms with E-state index in [9.17, 15) is 9.59 Å². The Morgan fingerprint density at radius 1 is 1.27 bits per heavy atom. The number of benzene rings is 1. The van der Waals surface area contributed by atoms with Crippen molar-refractivity contribution in [2.24, 2.45) is 0 Å². The fourth-order valence-corrected chi connectivity index (χ4v) is 2.38. The highest BCUT2D eigenvalue weighted by molar-refractivity contribution is 5.76. The number of aromatic nitrogens is 3. The third-order valence-electron chi connectivity index (χ3n) is 3.75. The molecule has 0 spiro atoms. The number of amides is 1. The van der Waals surface area contributed by atoms with Crippen molar-refractivity contribution in [2.45, 2.75) is 25.7 Å². The van der Waals surface area contributed by atoms with E-state index in [2.05, 4.69) is 20.5 Å². The number of ether oxygens (including phenoxy) is 2. The zero-order valence-corrected chi connectivity index (χ0v) is 15.1. The van der Waals surface area contributed by atoms with Crippen molar-refractivity contribution in [3.05, 3.63) is 51.7 Å². The van der Waals surface area contributed by atoms with Crippen LogP contribution in [0.2, 0.25) is 0 Å². The summed E-state index contributed by atoms with van der Waals surface area (Å²) in [6, 6.07) is 7.52. The Morgan fingerprint density at radius 3 is 2.85 bits per heavy atom. The van der Waals surface area contributed by atoms with Gasteiger partial charge >= 0.3 is 0 Å². The fourth-order valence-electron chi connectivity index (χ4n) is 2.38. The summed E-state index contributed by atoms with van der Waals surface area (Å²) in [6.07, 6.45) is 1.64. The van der Waals surface area contributed by atoms with Gasteiger partial charge in [0.05, 0.1) is 7.11 Å². The molecule has 2 rings (SSSR count). The molecule has 0 bridgehead atoms. The van der Waals surface area contributed by atoms with Crippen molar-refractivity contribution in [2.75, 3.05) is 27.4 Å². The van der Waals surface area contributed by atoms with Crippen LogP contribution in [0.3, 0.4) is 0 Å². The van der Waals surface area contributed by atoms with Gasteiger partial charge < -0.3 is 19.8 Å².